The Morgan fingerprint density at radius 3 is 1.46 bits per heavy atom. The van der Waals surface area contributed by atoms with E-state index < -0.39 is 5.97 Å². The average molecular weight is 665 g/mol. The zero-order chi connectivity index (χ0) is 34.7. The van der Waals surface area contributed by atoms with Crippen LogP contribution in [0.1, 0.15) is 146 Å². The van der Waals surface area contributed by atoms with E-state index >= 15 is 0 Å². The van der Waals surface area contributed by atoms with Crippen molar-refractivity contribution in [2.45, 2.75) is 136 Å². The minimum Gasteiger partial charge on any atom is -0.494 e. The zero-order valence-electron chi connectivity index (χ0n) is 29.7. The lowest BCUT2D eigenvalue weighted by Crippen LogP contribution is -2.13. The molecule has 2 rings (SSSR count). The van der Waals surface area contributed by atoms with Crippen molar-refractivity contribution in [3.63, 3.8) is 0 Å². The van der Waals surface area contributed by atoms with Gasteiger partial charge in [0.1, 0.15) is 11.5 Å². The van der Waals surface area contributed by atoms with Crippen LogP contribution >= 0.6 is 0 Å². The second-order valence-electron chi connectivity index (χ2n) is 12.7. The van der Waals surface area contributed by atoms with Gasteiger partial charge in [-0.15, -0.1) is 0 Å². The van der Waals surface area contributed by atoms with Crippen molar-refractivity contribution in [1.82, 2.24) is 0 Å². The molecule has 0 bridgehead atoms. The molecular formula is C41H60O7. The summed E-state index contributed by atoms with van der Waals surface area (Å²) in [5.74, 6) is 0.349. The van der Waals surface area contributed by atoms with Crippen LogP contribution in [0.3, 0.4) is 0 Å². The highest BCUT2D eigenvalue weighted by Crippen LogP contribution is 2.17. The van der Waals surface area contributed by atoms with Crippen molar-refractivity contribution < 1.29 is 28.5 Å². The van der Waals surface area contributed by atoms with E-state index in [0.717, 1.165) is 44.9 Å². The summed E-state index contributed by atoms with van der Waals surface area (Å²) in [5, 5.41) is 0. The number of benzene rings is 1. The number of hydrogen-bond acceptors (Lipinski definition) is 7. The monoisotopic (exact) mass is 664 g/mol. The van der Waals surface area contributed by atoms with Gasteiger partial charge in [0.05, 0.1) is 25.4 Å². The van der Waals surface area contributed by atoms with Crippen LogP contribution in [0.4, 0.5) is 0 Å². The zero-order valence-corrected chi connectivity index (χ0v) is 29.7. The van der Waals surface area contributed by atoms with Crippen LogP contribution in [0.5, 0.6) is 17.2 Å². The lowest BCUT2D eigenvalue weighted by molar-refractivity contribution is -0.139. The summed E-state index contributed by atoms with van der Waals surface area (Å²) >= 11 is 0. The van der Waals surface area contributed by atoms with Crippen molar-refractivity contribution >= 4 is 11.9 Å². The molecule has 7 nitrogen and oxygen atoms in total. The molecule has 0 spiro atoms. The molecule has 0 radical (unpaired) electrons. The molecule has 0 aliphatic rings. The smallest absolute Gasteiger partial charge is 0.343 e. The number of carbonyl (C=O) groups excluding carboxylic acids is 2. The van der Waals surface area contributed by atoms with Gasteiger partial charge in [0, 0.05) is 5.57 Å². The van der Waals surface area contributed by atoms with Gasteiger partial charge in [-0.1, -0.05) is 116 Å². The quantitative estimate of drug-likeness (QED) is 0.0508. The summed E-state index contributed by atoms with van der Waals surface area (Å²) in [5.41, 5.74) is 0.415. The molecule has 0 saturated heterocycles. The molecule has 48 heavy (non-hydrogen) atoms. The fourth-order valence-corrected chi connectivity index (χ4v) is 5.26. The topological polar surface area (TPSA) is 88.1 Å². The van der Waals surface area contributed by atoms with Crippen LogP contribution in [-0.2, 0) is 9.53 Å². The number of unbranched alkanes of at least 4 members (excludes halogenated alkanes) is 17. The summed E-state index contributed by atoms with van der Waals surface area (Å²) in [4.78, 5) is 36.6. The highest BCUT2D eigenvalue weighted by molar-refractivity contribution is 5.91. The molecule has 266 valence electrons. The second kappa shape index (κ2) is 26.4. The van der Waals surface area contributed by atoms with Crippen molar-refractivity contribution in [1.29, 1.82) is 0 Å². The predicted octanol–water partition coefficient (Wildman–Crippen LogP) is 10.6. The minimum atomic E-state index is -0.594. The highest BCUT2D eigenvalue weighted by atomic mass is 16.5. The molecular weight excluding hydrogens is 604 g/mol. The normalized spacial score (nSPS) is 10.8. The van der Waals surface area contributed by atoms with Gasteiger partial charge >= 0.3 is 11.9 Å². The first-order valence-electron chi connectivity index (χ1n) is 18.5. The van der Waals surface area contributed by atoms with Crippen LogP contribution in [0.15, 0.2) is 65.5 Å². The van der Waals surface area contributed by atoms with Gasteiger partial charge in [0.25, 0.3) is 0 Å². The summed E-state index contributed by atoms with van der Waals surface area (Å²) in [7, 11) is 0. The van der Waals surface area contributed by atoms with Gasteiger partial charge < -0.3 is 18.9 Å². The Balaban J connectivity index is 1.56. The first-order chi connectivity index (χ1) is 23.4. The Morgan fingerprint density at radius 2 is 0.979 bits per heavy atom. The number of esters is 2. The largest absolute Gasteiger partial charge is 0.494 e. The fourth-order valence-electron chi connectivity index (χ4n) is 5.26. The first kappa shape index (κ1) is 40.6. The van der Waals surface area contributed by atoms with Crippen LogP contribution in [0.2, 0.25) is 0 Å². The number of hydrogen-bond donors (Lipinski definition) is 0. The molecule has 0 amide bonds. The molecule has 0 atom stereocenters. The Hall–Kier alpha value is -3.61. The lowest BCUT2D eigenvalue weighted by atomic mass is 10.1. The van der Waals surface area contributed by atoms with Crippen molar-refractivity contribution in [3.8, 4) is 17.2 Å². The van der Waals surface area contributed by atoms with Gasteiger partial charge in [-0.2, -0.15) is 0 Å². The average Bonchev–Trinajstić information content (AvgIpc) is 3.26. The summed E-state index contributed by atoms with van der Waals surface area (Å²) in [6.07, 6.45) is 22.6. The van der Waals surface area contributed by atoms with Crippen LogP contribution in [0, 0.1) is 0 Å². The molecule has 0 unspecified atom stereocenters. The SMILES string of the molecule is C=C(C)C(=O)OCCCCCCCCCCCOc1ccc(C(=O)Oc2ccc(OCCCCCCCCCCCC)ccc2=O)cc1. The molecule has 0 aliphatic heterocycles. The van der Waals surface area contributed by atoms with E-state index in [1.54, 1.807) is 43.3 Å². The standard InChI is InChI=1S/C41H60O7/c1-4-5-6-7-8-9-11-14-18-21-32-46-37-27-29-38(42)39(30-28-37)48-41(44)35-23-25-36(26-24-35)45-31-20-17-15-12-10-13-16-19-22-33-47-40(43)34(2)3/h23-30H,2,4-22,31-33H2,1,3H3. The lowest BCUT2D eigenvalue weighted by Gasteiger charge is -2.07. The van der Waals surface area contributed by atoms with E-state index in [1.165, 1.54) is 89.2 Å². The van der Waals surface area contributed by atoms with Gasteiger partial charge in [-0.05, 0) is 74.7 Å². The number of rotatable bonds is 28. The maximum Gasteiger partial charge on any atom is 0.343 e. The predicted molar refractivity (Wildman–Crippen MR) is 194 cm³/mol. The molecule has 0 aromatic heterocycles. The van der Waals surface area contributed by atoms with E-state index in [1.807, 2.05) is 0 Å². The third-order valence-electron chi connectivity index (χ3n) is 8.24. The Morgan fingerprint density at radius 1 is 0.562 bits per heavy atom. The van der Waals surface area contributed by atoms with Crippen molar-refractivity contribution in [2.24, 2.45) is 0 Å². The number of ether oxygens (including phenoxy) is 4. The van der Waals surface area contributed by atoms with E-state index in [0.29, 0.717) is 42.5 Å². The van der Waals surface area contributed by atoms with E-state index in [2.05, 4.69) is 13.5 Å². The van der Waals surface area contributed by atoms with Crippen molar-refractivity contribution in [2.75, 3.05) is 19.8 Å². The molecule has 2 aromatic rings. The molecule has 2 aromatic carbocycles. The molecule has 7 heteroatoms. The molecule has 0 N–H and O–H groups in total. The molecule has 0 fully saturated rings. The second-order valence-corrected chi connectivity index (χ2v) is 12.7. The van der Waals surface area contributed by atoms with Gasteiger partial charge in [0.15, 0.2) is 5.75 Å². The Labute approximate surface area is 289 Å². The molecule has 0 aliphatic carbocycles. The number of carbonyl (C=O) groups is 2. The Bertz CT molecular complexity index is 1240. The van der Waals surface area contributed by atoms with Gasteiger partial charge in [-0.3, -0.25) is 4.79 Å². The Kier molecular flexibility index (Phi) is 22.3. The van der Waals surface area contributed by atoms with E-state index in [9.17, 15) is 14.4 Å². The highest BCUT2D eigenvalue weighted by Gasteiger charge is 2.11. The minimum absolute atomic E-state index is 0.0317. The van der Waals surface area contributed by atoms with Crippen molar-refractivity contribution in [3.05, 3.63) is 76.5 Å². The summed E-state index contributed by atoms with van der Waals surface area (Å²) in [6.45, 7) is 9.18. The van der Waals surface area contributed by atoms with Crippen LogP contribution in [0.25, 0.3) is 0 Å². The first-order valence-corrected chi connectivity index (χ1v) is 18.5. The maximum atomic E-state index is 12.7. The van der Waals surface area contributed by atoms with E-state index in [-0.39, 0.29) is 17.1 Å². The van der Waals surface area contributed by atoms with Crippen LogP contribution in [-0.4, -0.2) is 31.8 Å². The molecule has 0 saturated carbocycles. The van der Waals surface area contributed by atoms with E-state index in [4.69, 9.17) is 18.9 Å². The molecule has 0 heterocycles. The van der Waals surface area contributed by atoms with Crippen LogP contribution < -0.4 is 19.6 Å². The third kappa shape index (κ3) is 19.3. The third-order valence-corrected chi connectivity index (χ3v) is 8.24. The fraction of sp³-hybridized carbons (Fsp3) is 0.585. The maximum absolute atomic E-state index is 12.7. The summed E-state index contributed by atoms with van der Waals surface area (Å²) in [6, 6.07) is 13.0. The summed E-state index contributed by atoms with van der Waals surface area (Å²) < 4.78 is 22.2. The van der Waals surface area contributed by atoms with Gasteiger partial charge in [-0.25, -0.2) is 9.59 Å². The van der Waals surface area contributed by atoms with Gasteiger partial charge in [0.2, 0.25) is 5.43 Å².